The molecule has 560 valence electrons. The van der Waals surface area contributed by atoms with Crippen LogP contribution >= 0.6 is 0 Å². The summed E-state index contributed by atoms with van der Waals surface area (Å²) in [6, 6.07) is 63.1. The average molecular weight is 1540 g/mol. The van der Waals surface area contributed by atoms with Crippen LogP contribution < -0.4 is 47.3 Å². The van der Waals surface area contributed by atoms with Crippen LogP contribution in [0, 0.1) is 11.3 Å². The SMILES string of the molecule is [2H]c1c([2H])c([2H])c(-c2c([2H])c([2H])c3c(c2[2H])c2c([2H])c([2H])c([2H])c4c2n3-c2cc3c(c5c2B4c2ccc(-c4ccccc4)cc2O5)N(c2c(-c4ccccc4)cc(C(C)(C)C)cc2-c2ccccc2)c2cc(-c4ccccc4C#N)cc4c2B3c2c([2H])c([2H])c(-n3c5c([2H])c([2H])c([2H])c([2H])c5c5c([2H])c([2H])c([2H])c([2H])c53)c([2H])c2N4c2c(-c3ccccc3)cc(C(C)(C)C)cc2-c2ccccc2)c([2H])c1[2H]. The molecule has 6 heterocycles. The highest BCUT2D eigenvalue weighted by Gasteiger charge is 2.51. The Hall–Kier alpha value is -14.6. The standard InChI is InChI=1S/C111H79B2N5O/c1-110(2,3)79-62-86(71-36-17-9-18-37-71)105(87(63-79)72-38-19-10-20-39-72)117-98-66-81(115-95-50-29-27-46-83(95)84-47-28-30-51-96(84)115)54-56-91(98)112-94-67-101-104-109(119-102-61-76(70-34-15-8-16-35-70)52-55-92(102)113(104)93-49-31-48-85-90-58-75(69-32-13-7-14-33-69)53-57-97(90)116(101)107(85)93)108(94)118(100-60-78(59-99(117)103(100)112)82-45-26-25-44-77(82)68-114)106-88(73-40-21-11-22-41-73)64-80(111(4,5)6)65-89(106)74-42-23-12-24-43-74/h7-67H,1-6H3/i7D,13D,14D,27D,28D,29D,30D,31D,32D,33D,46D,47D,48D,49D,50D,51D,53D,54D,56D,57D,58D,66D. The molecule has 0 radical (unpaired) electrons. The molecule has 0 fully saturated rings. The monoisotopic (exact) mass is 1540 g/mol. The van der Waals surface area contributed by atoms with Gasteiger partial charge >= 0.3 is 0 Å². The minimum atomic E-state index is -1.54. The number of rotatable bonds is 10. The summed E-state index contributed by atoms with van der Waals surface area (Å²) >= 11 is 0. The third kappa shape index (κ3) is 10.8. The molecule has 0 unspecified atom stereocenters. The molecule has 0 bridgehead atoms. The van der Waals surface area contributed by atoms with E-state index in [-0.39, 0.29) is 94.2 Å². The number of hydrogen-bond donors (Lipinski definition) is 0. The Morgan fingerprint density at radius 1 is 0.328 bits per heavy atom. The third-order valence-electron chi connectivity index (χ3n) is 24.0. The molecule has 17 aromatic carbocycles. The Kier molecular flexibility index (Phi) is 11.4. The smallest absolute Gasteiger partial charge is 0.256 e. The first-order valence-corrected chi connectivity index (χ1v) is 39.7. The Bertz CT molecular complexity index is 8680. The molecular formula is C111H79B2N5O. The lowest BCUT2D eigenvalue weighted by atomic mass is 9.31. The lowest BCUT2D eigenvalue weighted by molar-refractivity contribution is 0.489. The number of para-hydroxylation sites is 3. The predicted octanol–water partition coefficient (Wildman–Crippen LogP) is 25.0. The fourth-order valence-electron chi connectivity index (χ4n) is 18.5. The molecule has 0 saturated heterocycles. The zero-order chi connectivity index (χ0) is 98.8. The van der Waals surface area contributed by atoms with Gasteiger partial charge in [0.05, 0.1) is 75.4 Å². The van der Waals surface area contributed by atoms with Crippen LogP contribution in [-0.2, 0) is 10.8 Å². The van der Waals surface area contributed by atoms with E-state index >= 15 is 0 Å². The first-order chi connectivity index (χ1) is 67.5. The van der Waals surface area contributed by atoms with Gasteiger partial charge in [-0.05, 0) is 201 Å². The van der Waals surface area contributed by atoms with Crippen LogP contribution in [0.1, 0.15) is 88.4 Å². The molecule has 0 spiro atoms. The number of hydrogen-bond acceptors (Lipinski definition) is 4. The number of nitriles is 1. The largest absolute Gasteiger partial charge is 0.456 e. The van der Waals surface area contributed by atoms with E-state index in [1.54, 1.807) is 16.7 Å². The van der Waals surface area contributed by atoms with Crippen LogP contribution in [-0.4, -0.2) is 22.6 Å². The van der Waals surface area contributed by atoms with Crippen LogP contribution in [0.3, 0.4) is 0 Å². The molecular weight excluding hydrogens is 1440 g/mol. The molecule has 0 amide bonds. The van der Waals surface area contributed by atoms with Gasteiger partial charge in [0.25, 0.3) is 13.4 Å². The van der Waals surface area contributed by atoms with Crippen molar-refractivity contribution in [3.05, 3.63) is 386 Å². The molecule has 8 heteroatoms. The topological polar surface area (TPSA) is 49.4 Å². The Morgan fingerprint density at radius 3 is 1.42 bits per heavy atom. The maximum Gasteiger partial charge on any atom is 0.256 e. The van der Waals surface area contributed by atoms with E-state index in [1.165, 1.54) is 0 Å². The van der Waals surface area contributed by atoms with Crippen molar-refractivity contribution >= 4 is 124 Å². The number of fused-ring (bicyclic) bond motifs is 15. The van der Waals surface area contributed by atoms with Crippen LogP contribution in [0.2, 0.25) is 0 Å². The second kappa shape index (κ2) is 26.7. The van der Waals surface area contributed by atoms with Gasteiger partial charge in [0, 0.05) is 77.8 Å². The molecule has 4 aliphatic heterocycles. The second-order valence-corrected chi connectivity index (χ2v) is 32.8. The molecule has 4 aliphatic rings. The lowest BCUT2D eigenvalue weighted by Crippen LogP contribution is -2.64. The molecule has 2 aromatic heterocycles. The minimum absolute atomic E-state index is 0.0367. The van der Waals surface area contributed by atoms with E-state index in [1.807, 2.05) is 205 Å². The maximum absolute atomic E-state index is 12.2. The van der Waals surface area contributed by atoms with Crippen molar-refractivity contribution < 1.29 is 34.9 Å². The number of anilines is 6. The van der Waals surface area contributed by atoms with Gasteiger partial charge in [0.15, 0.2) is 0 Å². The van der Waals surface area contributed by atoms with E-state index in [0.717, 1.165) is 32.4 Å². The zero-order valence-electron chi connectivity index (χ0n) is 87.3. The highest BCUT2D eigenvalue weighted by atomic mass is 16.5. The highest BCUT2D eigenvalue weighted by molar-refractivity contribution is 7.02. The summed E-state index contributed by atoms with van der Waals surface area (Å²) in [5.74, 6) is 0.294. The van der Waals surface area contributed by atoms with Crippen molar-refractivity contribution in [1.29, 1.82) is 5.26 Å². The second-order valence-electron chi connectivity index (χ2n) is 32.8. The van der Waals surface area contributed by atoms with Crippen LogP contribution in [0.25, 0.3) is 133 Å². The van der Waals surface area contributed by atoms with E-state index in [4.69, 9.17) is 8.85 Å². The summed E-state index contributed by atoms with van der Waals surface area (Å²) < 4.78 is 233. The van der Waals surface area contributed by atoms with Crippen molar-refractivity contribution in [3.63, 3.8) is 0 Å². The van der Waals surface area contributed by atoms with E-state index in [0.29, 0.717) is 78.1 Å². The highest BCUT2D eigenvalue weighted by Crippen LogP contribution is 2.58. The molecule has 119 heavy (non-hydrogen) atoms. The van der Waals surface area contributed by atoms with Crippen LogP contribution in [0.4, 0.5) is 34.1 Å². The first-order valence-electron chi connectivity index (χ1n) is 50.7. The minimum Gasteiger partial charge on any atom is -0.456 e. The molecule has 6 nitrogen and oxygen atoms in total. The van der Waals surface area contributed by atoms with Crippen LogP contribution in [0.15, 0.2) is 370 Å². The van der Waals surface area contributed by atoms with Crippen molar-refractivity contribution in [2.45, 2.75) is 52.4 Å². The van der Waals surface area contributed by atoms with Crippen molar-refractivity contribution in [2.24, 2.45) is 0 Å². The first kappa shape index (κ1) is 50.7. The summed E-state index contributed by atoms with van der Waals surface area (Å²) in [5.41, 5.74) is 8.91. The number of aromatic nitrogens is 2. The number of nitrogens with zero attached hydrogens (tertiary/aromatic N) is 5. The van der Waals surface area contributed by atoms with E-state index in [2.05, 4.69) is 76.8 Å². The van der Waals surface area contributed by atoms with Gasteiger partial charge in [-0.15, -0.1) is 0 Å². The molecule has 19 aromatic rings. The van der Waals surface area contributed by atoms with Crippen molar-refractivity contribution in [1.82, 2.24) is 9.13 Å². The molecule has 0 atom stereocenters. The van der Waals surface area contributed by atoms with E-state index in [9.17, 15) is 31.3 Å². The predicted molar refractivity (Wildman–Crippen MR) is 500 cm³/mol. The molecule has 0 saturated carbocycles. The zero-order valence-corrected chi connectivity index (χ0v) is 65.3. The van der Waals surface area contributed by atoms with Gasteiger partial charge in [-0.3, -0.25) is 0 Å². The van der Waals surface area contributed by atoms with Gasteiger partial charge in [-0.1, -0.05) is 320 Å². The van der Waals surface area contributed by atoms with Crippen molar-refractivity contribution in [3.8, 4) is 107 Å². The summed E-state index contributed by atoms with van der Waals surface area (Å²) in [4.78, 5) is 4.09. The summed E-state index contributed by atoms with van der Waals surface area (Å²) in [6.07, 6.45) is 0. The normalized spacial score (nSPS) is 15.5. The third-order valence-corrected chi connectivity index (χ3v) is 24.0. The Labute approximate surface area is 725 Å². The Balaban J connectivity index is 1.01. The summed E-state index contributed by atoms with van der Waals surface area (Å²) in [7, 11) is 0. The molecule has 0 aliphatic carbocycles. The van der Waals surface area contributed by atoms with Gasteiger partial charge in [-0.2, -0.15) is 5.26 Å². The summed E-state index contributed by atoms with van der Waals surface area (Å²) in [5, 5.41) is 10.8. The fourth-order valence-corrected chi connectivity index (χ4v) is 18.5. The summed E-state index contributed by atoms with van der Waals surface area (Å²) in [6.45, 7) is 9.93. The quantitative estimate of drug-likeness (QED) is 0.128. The fraction of sp³-hybridized carbons (Fsp3) is 0.0721. The van der Waals surface area contributed by atoms with E-state index < -0.39 is 185 Å². The Morgan fingerprint density at radius 2 is 0.840 bits per heavy atom. The van der Waals surface area contributed by atoms with Gasteiger partial charge in [0.1, 0.15) is 11.5 Å². The number of benzene rings is 17. The lowest BCUT2D eigenvalue weighted by Gasteiger charge is -2.48. The number of ether oxygens (including phenoxy) is 1. The van der Waals surface area contributed by atoms with Gasteiger partial charge < -0.3 is 23.7 Å². The average Bonchev–Trinajstić information content (AvgIpc) is 1.65. The molecule has 23 rings (SSSR count). The maximum atomic E-state index is 12.2. The molecule has 0 N–H and O–H groups in total. The van der Waals surface area contributed by atoms with Crippen LogP contribution in [0.5, 0.6) is 11.5 Å². The van der Waals surface area contributed by atoms with Gasteiger partial charge in [0.2, 0.25) is 0 Å². The van der Waals surface area contributed by atoms with Crippen molar-refractivity contribution in [2.75, 3.05) is 9.80 Å². The van der Waals surface area contributed by atoms with Gasteiger partial charge in [-0.25, -0.2) is 0 Å².